The van der Waals surface area contributed by atoms with Crippen LogP contribution in [-0.2, 0) is 4.74 Å². The predicted octanol–water partition coefficient (Wildman–Crippen LogP) is 7.02. The van der Waals surface area contributed by atoms with Gasteiger partial charge in [0.05, 0.1) is 6.10 Å². The second kappa shape index (κ2) is 7.33. The summed E-state index contributed by atoms with van der Waals surface area (Å²) in [6.07, 6.45) is 15.7. The SMILES string of the molecule is COCC1CCC2(C)CCC3(C)C(=CCC4C5(C)CCC(O)C(C)C5CCC43C)C2C1. The van der Waals surface area contributed by atoms with Crippen molar-refractivity contribution < 1.29 is 9.84 Å². The second-order valence-electron chi connectivity index (χ2n) is 13.6. The maximum atomic E-state index is 10.6. The number of fused-ring (bicyclic) bond motifs is 7. The van der Waals surface area contributed by atoms with Crippen LogP contribution < -0.4 is 0 Å². The van der Waals surface area contributed by atoms with Gasteiger partial charge in [-0.3, -0.25) is 0 Å². The molecular formula is C29H48O2. The molecule has 4 saturated carbocycles. The Bertz CT molecular complexity index is 743. The van der Waals surface area contributed by atoms with E-state index in [4.69, 9.17) is 4.74 Å². The number of rotatable bonds is 2. The van der Waals surface area contributed by atoms with Gasteiger partial charge in [0.1, 0.15) is 0 Å². The molecule has 5 rings (SSSR count). The second-order valence-corrected chi connectivity index (χ2v) is 13.6. The third kappa shape index (κ3) is 2.95. The molecule has 0 bridgehead atoms. The van der Waals surface area contributed by atoms with Crippen molar-refractivity contribution in [2.45, 2.75) is 105 Å². The summed E-state index contributed by atoms with van der Waals surface area (Å²) in [5, 5.41) is 10.6. The van der Waals surface area contributed by atoms with Crippen LogP contribution in [0.1, 0.15) is 98.8 Å². The van der Waals surface area contributed by atoms with Crippen LogP contribution in [0.2, 0.25) is 0 Å². The van der Waals surface area contributed by atoms with Crippen molar-refractivity contribution in [2.75, 3.05) is 13.7 Å². The minimum atomic E-state index is -0.0805. The Morgan fingerprint density at radius 3 is 2.52 bits per heavy atom. The van der Waals surface area contributed by atoms with Crippen molar-refractivity contribution in [1.82, 2.24) is 0 Å². The molecule has 0 amide bonds. The van der Waals surface area contributed by atoms with E-state index in [9.17, 15) is 5.11 Å². The van der Waals surface area contributed by atoms with E-state index in [1.165, 1.54) is 57.8 Å². The fourth-order valence-corrected chi connectivity index (χ4v) is 10.3. The van der Waals surface area contributed by atoms with E-state index >= 15 is 0 Å². The van der Waals surface area contributed by atoms with E-state index in [-0.39, 0.29) is 6.10 Å². The third-order valence-corrected chi connectivity index (χ3v) is 12.6. The van der Waals surface area contributed by atoms with Crippen LogP contribution in [0, 0.1) is 51.2 Å². The lowest BCUT2D eigenvalue weighted by Gasteiger charge is -2.70. The van der Waals surface area contributed by atoms with Gasteiger partial charge in [-0.05, 0) is 115 Å². The van der Waals surface area contributed by atoms with E-state index in [0.29, 0.717) is 33.5 Å². The number of hydrogen-bond donors (Lipinski definition) is 1. The lowest BCUT2D eigenvalue weighted by molar-refractivity contribution is -0.178. The molecule has 0 aromatic heterocycles. The number of aliphatic hydroxyl groups is 1. The number of ether oxygens (including phenoxy) is 1. The van der Waals surface area contributed by atoms with E-state index in [1.807, 2.05) is 12.7 Å². The van der Waals surface area contributed by atoms with E-state index in [1.54, 1.807) is 0 Å². The summed E-state index contributed by atoms with van der Waals surface area (Å²) >= 11 is 0. The highest BCUT2D eigenvalue weighted by molar-refractivity contribution is 5.33. The molecule has 0 aromatic rings. The average Bonchev–Trinajstić information content (AvgIpc) is 2.73. The first-order valence-corrected chi connectivity index (χ1v) is 13.5. The molecule has 0 aromatic carbocycles. The van der Waals surface area contributed by atoms with Crippen LogP contribution in [-0.4, -0.2) is 24.9 Å². The van der Waals surface area contributed by atoms with Gasteiger partial charge in [0.25, 0.3) is 0 Å². The quantitative estimate of drug-likeness (QED) is 0.479. The standard InChI is InChI=1S/C29H48O2/c1-19-21-10-14-29(5)25(27(21,3)13-11-24(19)30)8-7-22-23-17-20(18-31-6)9-12-26(23,2)15-16-28(22,29)4/h7,19-21,23-25,30H,8-18H2,1-6H3. The lowest BCUT2D eigenvalue weighted by Crippen LogP contribution is -2.62. The molecule has 0 saturated heterocycles. The zero-order valence-corrected chi connectivity index (χ0v) is 21.2. The van der Waals surface area contributed by atoms with Gasteiger partial charge in [-0.2, -0.15) is 0 Å². The van der Waals surface area contributed by atoms with Crippen molar-refractivity contribution in [2.24, 2.45) is 51.2 Å². The van der Waals surface area contributed by atoms with Gasteiger partial charge in [-0.25, -0.2) is 0 Å². The van der Waals surface area contributed by atoms with Gasteiger partial charge in [0.15, 0.2) is 0 Å². The van der Waals surface area contributed by atoms with Crippen LogP contribution in [0.15, 0.2) is 11.6 Å². The van der Waals surface area contributed by atoms with Crippen LogP contribution in [0.25, 0.3) is 0 Å². The van der Waals surface area contributed by atoms with Crippen molar-refractivity contribution in [1.29, 1.82) is 0 Å². The summed E-state index contributed by atoms with van der Waals surface area (Å²) in [6, 6.07) is 0. The molecule has 10 atom stereocenters. The van der Waals surface area contributed by atoms with E-state index in [0.717, 1.165) is 30.8 Å². The molecule has 0 aliphatic heterocycles. The van der Waals surface area contributed by atoms with Crippen LogP contribution in [0.3, 0.4) is 0 Å². The number of hydrogen-bond acceptors (Lipinski definition) is 2. The number of aliphatic hydroxyl groups excluding tert-OH is 1. The van der Waals surface area contributed by atoms with Crippen LogP contribution in [0.4, 0.5) is 0 Å². The first kappa shape index (κ1) is 22.5. The smallest absolute Gasteiger partial charge is 0.0568 e. The van der Waals surface area contributed by atoms with Gasteiger partial charge >= 0.3 is 0 Å². The largest absolute Gasteiger partial charge is 0.393 e. The van der Waals surface area contributed by atoms with Gasteiger partial charge in [-0.1, -0.05) is 46.3 Å². The number of allylic oxidation sites excluding steroid dienone is 2. The summed E-state index contributed by atoms with van der Waals surface area (Å²) in [6.45, 7) is 13.9. The Balaban J connectivity index is 1.52. The van der Waals surface area contributed by atoms with Crippen LogP contribution in [0.5, 0.6) is 0 Å². The molecule has 0 spiro atoms. The molecule has 2 heteroatoms. The average molecular weight is 429 g/mol. The summed E-state index contributed by atoms with van der Waals surface area (Å²) in [5.41, 5.74) is 3.50. The van der Waals surface area contributed by atoms with Gasteiger partial charge < -0.3 is 9.84 Å². The summed E-state index contributed by atoms with van der Waals surface area (Å²) < 4.78 is 5.61. The Labute approximate surface area is 191 Å². The highest BCUT2D eigenvalue weighted by atomic mass is 16.5. The Kier molecular flexibility index (Phi) is 5.31. The van der Waals surface area contributed by atoms with Gasteiger partial charge in [0.2, 0.25) is 0 Å². The monoisotopic (exact) mass is 428 g/mol. The van der Waals surface area contributed by atoms with E-state index < -0.39 is 0 Å². The molecule has 2 nitrogen and oxygen atoms in total. The fourth-order valence-electron chi connectivity index (χ4n) is 10.3. The first-order valence-electron chi connectivity index (χ1n) is 13.5. The molecule has 10 unspecified atom stereocenters. The van der Waals surface area contributed by atoms with Crippen molar-refractivity contribution in [3.8, 4) is 0 Å². The minimum Gasteiger partial charge on any atom is -0.393 e. The molecular weight excluding hydrogens is 380 g/mol. The normalized spacial score (nSPS) is 56.5. The summed E-state index contributed by atoms with van der Waals surface area (Å²) in [5.74, 6) is 3.43. The minimum absolute atomic E-state index is 0.0805. The molecule has 5 aliphatic carbocycles. The molecule has 176 valence electrons. The van der Waals surface area contributed by atoms with Crippen molar-refractivity contribution >= 4 is 0 Å². The summed E-state index contributed by atoms with van der Waals surface area (Å²) in [7, 11) is 1.88. The topological polar surface area (TPSA) is 29.5 Å². The highest BCUT2D eigenvalue weighted by Crippen LogP contribution is 2.74. The molecule has 5 aliphatic rings. The maximum Gasteiger partial charge on any atom is 0.0568 e. The predicted molar refractivity (Wildman–Crippen MR) is 128 cm³/mol. The first-order chi connectivity index (χ1) is 14.6. The molecule has 1 N–H and O–H groups in total. The van der Waals surface area contributed by atoms with Crippen molar-refractivity contribution in [3.63, 3.8) is 0 Å². The zero-order valence-electron chi connectivity index (χ0n) is 21.2. The zero-order chi connectivity index (χ0) is 22.2. The van der Waals surface area contributed by atoms with Gasteiger partial charge in [-0.15, -0.1) is 0 Å². The Morgan fingerprint density at radius 1 is 1.00 bits per heavy atom. The van der Waals surface area contributed by atoms with Gasteiger partial charge in [0, 0.05) is 13.7 Å². The fraction of sp³-hybridized carbons (Fsp3) is 0.931. The van der Waals surface area contributed by atoms with Crippen LogP contribution >= 0.6 is 0 Å². The molecule has 0 radical (unpaired) electrons. The lowest BCUT2D eigenvalue weighted by atomic mass is 9.35. The molecule has 31 heavy (non-hydrogen) atoms. The maximum absolute atomic E-state index is 10.6. The molecule has 0 heterocycles. The number of methoxy groups -OCH3 is 1. The summed E-state index contributed by atoms with van der Waals surface area (Å²) in [4.78, 5) is 0. The Morgan fingerprint density at radius 2 is 1.77 bits per heavy atom. The molecule has 4 fully saturated rings. The highest BCUT2D eigenvalue weighted by Gasteiger charge is 2.66. The third-order valence-electron chi connectivity index (χ3n) is 12.6. The van der Waals surface area contributed by atoms with E-state index in [2.05, 4.69) is 40.7 Å². The van der Waals surface area contributed by atoms with Crippen molar-refractivity contribution in [3.05, 3.63) is 11.6 Å². The Hall–Kier alpha value is -0.340.